The predicted molar refractivity (Wildman–Crippen MR) is 42.6 cm³/mol. The van der Waals surface area contributed by atoms with Crippen molar-refractivity contribution in [2.75, 3.05) is 0 Å². The van der Waals surface area contributed by atoms with Crippen LogP contribution in [-0.2, 0) is 4.79 Å². The van der Waals surface area contributed by atoms with Gasteiger partial charge in [-0.25, -0.2) is 4.79 Å². The summed E-state index contributed by atoms with van der Waals surface area (Å²) >= 11 is 1.02. The Balaban J connectivity index is 2.77. The van der Waals surface area contributed by atoms with Crippen LogP contribution < -0.4 is 4.74 Å². The van der Waals surface area contributed by atoms with Gasteiger partial charge in [0.1, 0.15) is 10.6 Å². The molecule has 0 radical (unpaired) electrons. The van der Waals surface area contributed by atoms with Crippen molar-refractivity contribution in [2.45, 2.75) is 6.92 Å². The normalized spacial score (nSPS) is 9.42. The summed E-state index contributed by atoms with van der Waals surface area (Å²) in [6.45, 7) is 1.26. The molecule has 0 amide bonds. The smallest absolute Gasteiger partial charge is 0.346 e. The third-order valence-electron chi connectivity index (χ3n) is 1.05. The van der Waals surface area contributed by atoms with E-state index < -0.39 is 11.9 Å². The highest BCUT2D eigenvalue weighted by Crippen LogP contribution is 2.21. The fraction of sp³-hybridized carbons (Fsp3) is 0.143. The van der Waals surface area contributed by atoms with Gasteiger partial charge >= 0.3 is 11.9 Å². The van der Waals surface area contributed by atoms with Crippen LogP contribution in [0.2, 0.25) is 0 Å². The van der Waals surface area contributed by atoms with Crippen molar-refractivity contribution in [3.63, 3.8) is 0 Å². The molecule has 0 aliphatic heterocycles. The fourth-order valence-electron chi connectivity index (χ4n) is 0.650. The molecule has 0 aromatic carbocycles. The van der Waals surface area contributed by atoms with Gasteiger partial charge in [0.2, 0.25) is 0 Å². The van der Waals surface area contributed by atoms with Crippen molar-refractivity contribution < 1.29 is 19.4 Å². The van der Waals surface area contributed by atoms with E-state index in [1.807, 2.05) is 0 Å². The zero-order valence-corrected chi connectivity index (χ0v) is 7.05. The zero-order valence-electron chi connectivity index (χ0n) is 6.23. The molecular weight excluding hydrogens is 180 g/mol. The minimum atomic E-state index is -1.02. The van der Waals surface area contributed by atoms with Crippen molar-refractivity contribution in [3.05, 3.63) is 16.3 Å². The molecule has 5 heteroatoms. The molecule has 1 N–H and O–H groups in total. The molecule has 0 atom stereocenters. The number of aromatic carboxylic acids is 1. The molecule has 1 heterocycles. The van der Waals surface area contributed by atoms with Crippen LogP contribution in [0.15, 0.2) is 11.4 Å². The van der Waals surface area contributed by atoms with Crippen molar-refractivity contribution in [1.82, 2.24) is 0 Å². The maximum absolute atomic E-state index is 10.4. The van der Waals surface area contributed by atoms with Crippen LogP contribution in [0.25, 0.3) is 0 Å². The highest BCUT2D eigenvalue weighted by molar-refractivity contribution is 7.12. The summed E-state index contributed by atoms with van der Waals surface area (Å²) in [5.74, 6) is -1.19. The number of hydrogen-bond donors (Lipinski definition) is 1. The molecule has 4 nitrogen and oxygen atoms in total. The summed E-state index contributed by atoms with van der Waals surface area (Å²) in [5.41, 5.74) is 0. The average Bonchev–Trinajstić information content (AvgIpc) is 2.34. The van der Waals surface area contributed by atoms with Crippen LogP contribution in [0.5, 0.6) is 5.75 Å². The van der Waals surface area contributed by atoms with Gasteiger partial charge in [-0.2, -0.15) is 0 Å². The lowest BCUT2D eigenvalue weighted by molar-refractivity contribution is -0.131. The number of carbonyl (C=O) groups is 2. The molecule has 1 rings (SSSR count). The number of hydrogen-bond acceptors (Lipinski definition) is 4. The molecule has 0 aliphatic rings. The molecule has 0 aliphatic carbocycles. The van der Waals surface area contributed by atoms with Crippen LogP contribution in [0.1, 0.15) is 16.6 Å². The molecule has 0 unspecified atom stereocenters. The molecule has 1 aromatic heterocycles. The maximum Gasteiger partial charge on any atom is 0.346 e. The van der Waals surface area contributed by atoms with Gasteiger partial charge in [0.25, 0.3) is 0 Å². The lowest BCUT2D eigenvalue weighted by Crippen LogP contribution is -2.00. The largest absolute Gasteiger partial charge is 0.477 e. The van der Waals surface area contributed by atoms with E-state index >= 15 is 0 Å². The first-order chi connectivity index (χ1) is 5.59. The monoisotopic (exact) mass is 186 g/mol. The summed E-state index contributed by atoms with van der Waals surface area (Å²) in [6, 6.07) is 1.31. The van der Waals surface area contributed by atoms with E-state index in [0.29, 0.717) is 0 Å². The highest BCUT2D eigenvalue weighted by atomic mass is 32.1. The van der Waals surface area contributed by atoms with Gasteiger partial charge in [0.15, 0.2) is 0 Å². The van der Waals surface area contributed by atoms with E-state index in [1.165, 1.54) is 18.4 Å². The standard InChI is InChI=1S/C7H6O4S/c1-4(8)11-5-2-6(7(9)10)12-3-5/h2-3H,1H3,(H,9,10). The van der Waals surface area contributed by atoms with Gasteiger partial charge in [0.05, 0.1) is 0 Å². The Hall–Kier alpha value is -1.36. The van der Waals surface area contributed by atoms with Crippen LogP contribution in [0.4, 0.5) is 0 Å². The van der Waals surface area contributed by atoms with Crippen molar-refractivity contribution >= 4 is 23.3 Å². The van der Waals surface area contributed by atoms with E-state index in [-0.39, 0.29) is 10.6 Å². The van der Waals surface area contributed by atoms with Gasteiger partial charge < -0.3 is 9.84 Å². The molecule has 0 saturated heterocycles. The van der Waals surface area contributed by atoms with Crippen LogP contribution in [0.3, 0.4) is 0 Å². The van der Waals surface area contributed by atoms with E-state index in [4.69, 9.17) is 5.11 Å². The van der Waals surface area contributed by atoms with Gasteiger partial charge in [-0.3, -0.25) is 4.79 Å². The lowest BCUT2D eigenvalue weighted by Gasteiger charge is -1.93. The third kappa shape index (κ3) is 2.06. The second-order valence-corrected chi connectivity index (χ2v) is 2.96. The second kappa shape index (κ2) is 3.36. The van der Waals surface area contributed by atoms with Crippen molar-refractivity contribution in [3.8, 4) is 5.75 Å². The molecule has 0 bridgehead atoms. The SMILES string of the molecule is CC(=O)Oc1csc(C(=O)O)c1. The number of carboxylic acids is 1. The number of carbonyl (C=O) groups excluding carboxylic acids is 1. The molecule has 1 aromatic rings. The van der Waals surface area contributed by atoms with Crippen LogP contribution >= 0.6 is 11.3 Å². The number of rotatable bonds is 2. The summed E-state index contributed by atoms with van der Waals surface area (Å²) in [6.07, 6.45) is 0. The Kier molecular flexibility index (Phi) is 2.44. The minimum Gasteiger partial charge on any atom is -0.477 e. The number of carboxylic acid groups (broad SMARTS) is 1. The Morgan fingerprint density at radius 3 is 2.67 bits per heavy atom. The van der Waals surface area contributed by atoms with Gasteiger partial charge in [0, 0.05) is 18.4 Å². The number of thiophene rings is 1. The molecular formula is C7H6O4S. The Morgan fingerprint density at radius 2 is 2.25 bits per heavy atom. The Labute approximate surface area is 72.4 Å². The van der Waals surface area contributed by atoms with Crippen molar-refractivity contribution in [2.24, 2.45) is 0 Å². The van der Waals surface area contributed by atoms with Crippen molar-refractivity contribution in [1.29, 1.82) is 0 Å². The zero-order chi connectivity index (χ0) is 9.14. The van der Waals surface area contributed by atoms with E-state index in [1.54, 1.807) is 0 Å². The molecule has 64 valence electrons. The van der Waals surface area contributed by atoms with E-state index in [0.717, 1.165) is 11.3 Å². The number of esters is 1. The average molecular weight is 186 g/mol. The summed E-state index contributed by atoms with van der Waals surface area (Å²) < 4.78 is 4.65. The quantitative estimate of drug-likeness (QED) is 0.708. The first kappa shape index (κ1) is 8.73. The Morgan fingerprint density at radius 1 is 1.58 bits per heavy atom. The molecule has 12 heavy (non-hydrogen) atoms. The van der Waals surface area contributed by atoms with Gasteiger partial charge in [-0.05, 0) is 0 Å². The summed E-state index contributed by atoms with van der Waals surface area (Å²) in [4.78, 5) is 21.0. The fourth-order valence-corrected chi connectivity index (χ4v) is 1.29. The minimum absolute atomic E-state index is 0.159. The van der Waals surface area contributed by atoms with Gasteiger partial charge in [-0.15, -0.1) is 11.3 Å². The molecule has 0 fully saturated rings. The van der Waals surface area contributed by atoms with Gasteiger partial charge in [-0.1, -0.05) is 0 Å². The summed E-state index contributed by atoms with van der Waals surface area (Å²) in [5, 5.41) is 9.98. The van der Waals surface area contributed by atoms with Crippen LogP contribution in [-0.4, -0.2) is 17.0 Å². The topological polar surface area (TPSA) is 63.6 Å². The summed E-state index contributed by atoms with van der Waals surface area (Å²) in [7, 11) is 0. The molecule has 0 spiro atoms. The van der Waals surface area contributed by atoms with E-state index in [2.05, 4.69) is 4.74 Å². The first-order valence-corrected chi connectivity index (χ1v) is 3.98. The third-order valence-corrected chi connectivity index (χ3v) is 1.94. The molecule has 0 saturated carbocycles. The first-order valence-electron chi connectivity index (χ1n) is 3.10. The number of ether oxygens (including phenoxy) is 1. The lowest BCUT2D eigenvalue weighted by atomic mass is 10.4. The van der Waals surface area contributed by atoms with E-state index in [9.17, 15) is 9.59 Å². The second-order valence-electron chi connectivity index (χ2n) is 2.05. The maximum atomic E-state index is 10.4. The Bertz CT molecular complexity index is 315. The highest BCUT2D eigenvalue weighted by Gasteiger charge is 2.08. The predicted octanol–water partition coefficient (Wildman–Crippen LogP) is 1.37. The van der Waals surface area contributed by atoms with Crippen LogP contribution in [0, 0.1) is 0 Å².